The highest BCUT2D eigenvalue weighted by atomic mass is 35.5. The van der Waals surface area contributed by atoms with Gasteiger partial charge < -0.3 is 14.9 Å². The number of nitrogens with zero attached hydrogens (tertiary/aromatic N) is 3. The van der Waals surface area contributed by atoms with E-state index in [1.165, 1.54) is 54.4 Å². The van der Waals surface area contributed by atoms with E-state index < -0.39 is 34.9 Å². The van der Waals surface area contributed by atoms with Gasteiger partial charge in [0.05, 0.1) is 16.6 Å². The minimum atomic E-state index is -5.12. The molecule has 0 spiro atoms. The lowest BCUT2D eigenvalue weighted by molar-refractivity contribution is -0.274. The Labute approximate surface area is 223 Å². The van der Waals surface area contributed by atoms with Crippen LogP contribution in [0.2, 0.25) is 10.0 Å². The molecule has 2 aromatic carbocycles. The molecule has 0 aliphatic heterocycles. The maximum atomic E-state index is 14.5. The highest BCUT2D eigenvalue weighted by molar-refractivity contribution is 6.32. The van der Waals surface area contributed by atoms with Gasteiger partial charge in [-0.2, -0.15) is 13.2 Å². The van der Waals surface area contributed by atoms with Crippen LogP contribution in [-0.4, -0.2) is 36.5 Å². The van der Waals surface area contributed by atoms with Gasteiger partial charge in [-0.3, -0.25) is 9.13 Å². The van der Waals surface area contributed by atoms with Gasteiger partial charge in [-0.05, 0) is 41.5 Å². The van der Waals surface area contributed by atoms with Crippen LogP contribution in [0.1, 0.15) is 34.3 Å². The number of hydrogen-bond donors (Lipinski definition) is 2. The number of ether oxygens (including phenoxy) is 1. The molecular formula is C25H20Cl2F3N3O5. The molecule has 0 aliphatic carbocycles. The number of alkyl halides is 3. The molecule has 2 N–H and O–H groups in total. The number of carboxylic acids is 1. The Balaban J connectivity index is 1.73. The smallest absolute Gasteiger partial charge is 0.422 e. The van der Waals surface area contributed by atoms with Crippen LogP contribution in [0.3, 0.4) is 0 Å². The molecular weight excluding hydrogens is 550 g/mol. The van der Waals surface area contributed by atoms with Crippen molar-refractivity contribution in [3.63, 3.8) is 0 Å². The van der Waals surface area contributed by atoms with Crippen molar-refractivity contribution in [2.45, 2.75) is 24.6 Å². The molecule has 0 radical (unpaired) electrons. The van der Waals surface area contributed by atoms with Crippen LogP contribution in [0, 0.1) is 0 Å². The molecule has 2 aromatic heterocycles. The fourth-order valence-corrected chi connectivity index (χ4v) is 4.82. The molecule has 0 aliphatic rings. The summed E-state index contributed by atoms with van der Waals surface area (Å²) in [7, 11) is 2.92. The van der Waals surface area contributed by atoms with E-state index in [1.807, 2.05) is 0 Å². The van der Waals surface area contributed by atoms with Crippen LogP contribution in [0.5, 0.6) is 11.6 Å². The van der Waals surface area contributed by atoms with Crippen molar-refractivity contribution in [2.24, 2.45) is 14.1 Å². The van der Waals surface area contributed by atoms with Crippen molar-refractivity contribution < 1.29 is 32.9 Å². The zero-order valence-electron chi connectivity index (χ0n) is 20.0. The molecule has 0 fully saturated rings. The third kappa shape index (κ3) is 4.50. The lowest BCUT2D eigenvalue weighted by Gasteiger charge is -2.37. The fraction of sp³-hybridized carbons (Fsp3) is 0.240. The number of halogens is 5. The highest BCUT2D eigenvalue weighted by Gasteiger charge is 2.59. The third-order valence-electron chi connectivity index (χ3n) is 6.48. The van der Waals surface area contributed by atoms with E-state index in [9.17, 15) is 27.9 Å². The number of aryl methyl sites for hydroxylation is 2. The number of imidazole rings is 1. The normalized spacial score (nSPS) is 14.3. The third-order valence-corrected chi connectivity index (χ3v) is 7.08. The van der Waals surface area contributed by atoms with E-state index in [0.29, 0.717) is 5.52 Å². The van der Waals surface area contributed by atoms with Gasteiger partial charge >= 0.3 is 17.8 Å². The monoisotopic (exact) mass is 569 g/mol. The summed E-state index contributed by atoms with van der Waals surface area (Å²) in [6.45, 7) is 1.19. The molecule has 0 bridgehead atoms. The second-order valence-corrected chi connectivity index (χ2v) is 9.51. The van der Waals surface area contributed by atoms with Gasteiger partial charge in [-0.1, -0.05) is 42.3 Å². The summed E-state index contributed by atoms with van der Waals surface area (Å²) in [5.74, 6) is -2.89. The Morgan fingerprint density at radius 2 is 1.68 bits per heavy atom. The zero-order chi connectivity index (χ0) is 28.2. The van der Waals surface area contributed by atoms with Gasteiger partial charge in [0.1, 0.15) is 10.8 Å². The predicted molar refractivity (Wildman–Crippen MR) is 134 cm³/mol. The Morgan fingerprint density at radius 3 is 2.26 bits per heavy atom. The summed E-state index contributed by atoms with van der Waals surface area (Å²) in [6, 6.07) is 8.58. The fourth-order valence-electron chi connectivity index (χ4n) is 4.28. The zero-order valence-corrected chi connectivity index (χ0v) is 21.6. The lowest BCUT2D eigenvalue weighted by Crippen LogP contribution is -2.46. The van der Waals surface area contributed by atoms with E-state index in [0.717, 1.165) is 24.4 Å². The summed E-state index contributed by atoms with van der Waals surface area (Å²) < 4.78 is 51.5. The van der Waals surface area contributed by atoms with Crippen molar-refractivity contribution in [1.29, 1.82) is 0 Å². The molecule has 0 saturated heterocycles. The van der Waals surface area contributed by atoms with E-state index in [1.54, 1.807) is 0 Å². The topological polar surface area (TPSA) is 107 Å². The number of aliphatic hydroxyl groups is 1. The Morgan fingerprint density at radius 1 is 1.03 bits per heavy atom. The minimum Gasteiger partial charge on any atom is -0.478 e. The van der Waals surface area contributed by atoms with E-state index in [2.05, 4.69) is 4.98 Å². The van der Waals surface area contributed by atoms with Gasteiger partial charge in [0.2, 0.25) is 5.88 Å². The van der Waals surface area contributed by atoms with E-state index in [-0.39, 0.29) is 38.3 Å². The summed E-state index contributed by atoms with van der Waals surface area (Å²) in [6.07, 6.45) is -4.08. The first-order chi connectivity index (χ1) is 17.7. The van der Waals surface area contributed by atoms with Gasteiger partial charge in [0.25, 0.3) is 0 Å². The quantitative estimate of drug-likeness (QED) is 0.312. The van der Waals surface area contributed by atoms with Gasteiger partial charge in [-0.25, -0.2) is 14.6 Å². The number of rotatable bonds is 6. The largest absolute Gasteiger partial charge is 0.478 e. The van der Waals surface area contributed by atoms with Crippen LogP contribution in [0.25, 0.3) is 11.0 Å². The highest BCUT2D eigenvalue weighted by Crippen LogP contribution is 2.50. The molecule has 2 atom stereocenters. The number of benzene rings is 2. The average Bonchev–Trinajstić information content (AvgIpc) is 3.07. The minimum absolute atomic E-state index is 0.0267. The second-order valence-electron chi connectivity index (χ2n) is 8.69. The number of aromatic nitrogens is 3. The van der Waals surface area contributed by atoms with Crippen LogP contribution >= 0.6 is 23.2 Å². The first kappa shape index (κ1) is 27.5. The van der Waals surface area contributed by atoms with Crippen LogP contribution in [-0.2, 0) is 19.7 Å². The van der Waals surface area contributed by atoms with Crippen LogP contribution in [0.15, 0.2) is 53.5 Å². The number of aromatic carboxylic acids is 1. The number of fused-ring (bicyclic) bond motifs is 1. The standard InChI is InChI=1S/C25H20Cl2F3N3O5/c1-12(16-6-5-15(10-17(16)26)38-21-18(27)8-13(11-31-21)22(34)35)24(37,25(28,29)30)14-4-7-19-20(9-14)33(3)23(36)32(19)2/h4-12,37H,1-3H3,(H,34,35). The number of hydrogen-bond acceptors (Lipinski definition) is 5. The first-order valence-corrected chi connectivity index (χ1v) is 11.7. The molecule has 13 heteroatoms. The SMILES string of the molecule is CC(c1ccc(Oc2ncc(C(=O)O)cc2Cl)cc1Cl)C(O)(c1ccc2c(c1)n(C)c(=O)n2C)C(F)(F)F. The summed E-state index contributed by atoms with van der Waals surface area (Å²) in [5, 5.41) is 20.0. The summed E-state index contributed by atoms with van der Waals surface area (Å²) >= 11 is 12.4. The van der Waals surface area contributed by atoms with Gasteiger partial charge in [0, 0.05) is 31.2 Å². The molecule has 4 rings (SSSR count). The average molecular weight is 570 g/mol. The molecule has 0 saturated carbocycles. The maximum Gasteiger partial charge on any atom is 0.422 e. The molecule has 8 nitrogen and oxygen atoms in total. The number of carboxylic acid groups (broad SMARTS) is 1. The first-order valence-electron chi connectivity index (χ1n) is 11.0. The van der Waals surface area contributed by atoms with Gasteiger partial charge in [0.15, 0.2) is 5.60 Å². The van der Waals surface area contributed by atoms with Crippen molar-refractivity contribution in [2.75, 3.05) is 0 Å². The summed E-state index contributed by atoms with van der Waals surface area (Å²) in [4.78, 5) is 27.1. The Bertz CT molecular complexity index is 1630. The number of pyridine rings is 1. The maximum absolute atomic E-state index is 14.5. The number of carbonyl (C=O) groups is 1. The summed E-state index contributed by atoms with van der Waals surface area (Å²) in [5.41, 5.74) is -3.81. The van der Waals surface area contributed by atoms with E-state index >= 15 is 0 Å². The van der Waals surface area contributed by atoms with Gasteiger partial charge in [-0.15, -0.1) is 0 Å². The predicted octanol–water partition coefficient (Wildman–Crippen LogP) is 5.62. The van der Waals surface area contributed by atoms with Crippen molar-refractivity contribution in [3.8, 4) is 11.6 Å². The second kappa shape index (κ2) is 9.64. The molecule has 2 heterocycles. The van der Waals surface area contributed by atoms with Crippen molar-refractivity contribution in [1.82, 2.24) is 14.1 Å². The Kier molecular flexibility index (Phi) is 6.98. The molecule has 38 heavy (non-hydrogen) atoms. The molecule has 0 amide bonds. The van der Waals surface area contributed by atoms with E-state index in [4.69, 9.17) is 33.0 Å². The van der Waals surface area contributed by atoms with Crippen LogP contribution in [0.4, 0.5) is 13.2 Å². The van der Waals surface area contributed by atoms with Crippen LogP contribution < -0.4 is 10.4 Å². The van der Waals surface area contributed by atoms with Crippen molar-refractivity contribution >= 4 is 40.2 Å². The molecule has 4 aromatic rings. The molecule has 200 valence electrons. The lowest BCUT2D eigenvalue weighted by atomic mass is 9.77. The molecule has 2 unspecified atom stereocenters. The Hall–Kier alpha value is -3.54. The van der Waals surface area contributed by atoms with Crippen molar-refractivity contribution in [3.05, 3.63) is 85.9 Å².